The van der Waals surface area contributed by atoms with Crippen LogP contribution in [-0.4, -0.2) is 56.0 Å². The Labute approximate surface area is 237 Å². The lowest BCUT2D eigenvalue weighted by atomic mass is 9.97. The molecule has 1 aromatic carbocycles. The van der Waals surface area contributed by atoms with Crippen molar-refractivity contribution >= 4 is 28.3 Å². The van der Waals surface area contributed by atoms with Crippen LogP contribution in [0.1, 0.15) is 29.8 Å². The van der Waals surface area contributed by atoms with E-state index in [0.717, 1.165) is 22.5 Å². The van der Waals surface area contributed by atoms with Crippen molar-refractivity contribution in [2.75, 3.05) is 26.4 Å². The van der Waals surface area contributed by atoms with Crippen molar-refractivity contribution in [1.29, 1.82) is 0 Å². The molecule has 1 aliphatic rings. The van der Waals surface area contributed by atoms with Gasteiger partial charge in [0.2, 0.25) is 5.91 Å². The van der Waals surface area contributed by atoms with Gasteiger partial charge in [0.05, 0.1) is 11.2 Å². The SMILES string of the molecule is Cc1ccnc(Oc2ccc(-n3c(C4=CC=C(NC(=O)C=CCN(C)C)CC4)c(C)c4ncnc(N)c43)cc2F)n1. The standard InChI is InChI=1S/C30H31FN8O2/c1-18-13-14-33-30(36-18)41-24-12-11-22(16-23(24)31)39-27(19(2)26-28(39)29(32)35-17-34-26)20-7-9-21(10-8-20)37-25(40)6-5-15-38(3)4/h5-7,9,11-14,16-17H,8,10,15H2,1-4H3,(H,37,40)(H2,32,34,35). The second kappa shape index (κ2) is 11.7. The molecule has 0 saturated carbocycles. The molecule has 0 aliphatic heterocycles. The van der Waals surface area contributed by atoms with Gasteiger partial charge < -0.3 is 25.3 Å². The van der Waals surface area contributed by atoms with Gasteiger partial charge in [-0.3, -0.25) is 4.79 Å². The molecule has 11 heteroatoms. The molecule has 3 heterocycles. The fourth-order valence-electron chi connectivity index (χ4n) is 4.72. The molecular formula is C30H31FN8O2. The van der Waals surface area contributed by atoms with Crippen LogP contribution in [0.4, 0.5) is 10.2 Å². The number of hydrogen-bond donors (Lipinski definition) is 2. The Kier molecular flexibility index (Phi) is 7.88. The smallest absolute Gasteiger partial charge is 0.322 e. The molecule has 0 fully saturated rings. The average Bonchev–Trinajstić information content (AvgIpc) is 3.23. The second-order valence-corrected chi connectivity index (χ2v) is 10.0. The van der Waals surface area contributed by atoms with Gasteiger partial charge in [-0.1, -0.05) is 12.2 Å². The van der Waals surface area contributed by atoms with Gasteiger partial charge in [0, 0.05) is 47.5 Å². The summed E-state index contributed by atoms with van der Waals surface area (Å²) in [5, 5.41) is 2.95. The van der Waals surface area contributed by atoms with Crippen LogP contribution >= 0.6 is 0 Å². The molecule has 41 heavy (non-hydrogen) atoms. The third-order valence-electron chi connectivity index (χ3n) is 6.63. The van der Waals surface area contributed by atoms with E-state index in [1.807, 2.05) is 48.7 Å². The third-order valence-corrected chi connectivity index (χ3v) is 6.63. The minimum Gasteiger partial charge on any atom is -0.421 e. The van der Waals surface area contributed by atoms with E-state index in [9.17, 15) is 4.79 Å². The van der Waals surface area contributed by atoms with E-state index in [-0.39, 0.29) is 23.5 Å². The van der Waals surface area contributed by atoms with Gasteiger partial charge in [-0.25, -0.2) is 24.3 Å². The molecule has 1 amide bonds. The van der Waals surface area contributed by atoms with Gasteiger partial charge in [0.25, 0.3) is 0 Å². The Morgan fingerprint density at radius 1 is 1.17 bits per heavy atom. The van der Waals surface area contributed by atoms with Crippen molar-refractivity contribution in [2.45, 2.75) is 26.7 Å². The van der Waals surface area contributed by atoms with Crippen LogP contribution in [0.15, 0.2) is 66.8 Å². The maximum Gasteiger partial charge on any atom is 0.322 e. The van der Waals surface area contributed by atoms with Gasteiger partial charge in [-0.05, 0) is 70.6 Å². The summed E-state index contributed by atoms with van der Waals surface area (Å²) in [6.07, 6.45) is 11.5. The van der Waals surface area contributed by atoms with Crippen molar-refractivity contribution < 1.29 is 13.9 Å². The number of anilines is 1. The Balaban J connectivity index is 1.51. The van der Waals surface area contributed by atoms with E-state index in [1.165, 1.54) is 24.5 Å². The highest BCUT2D eigenvalue weighted by molar-refractivity contribution is 5.95. The van der Waals surface area contributed by atoms with Crippen LogP contribution in [0.3, 0.4) is 0 Å². The Morgan fingerprint density at radius 3 is 2.71 bits per heavy atom. The zero-order chi connectivity index (χ0) is 29.1. The zero-order valence-corrected chi connectivity index (χ0v) is 23.3. The van der Waals surface area contributed by atoms with E-state index >= 15 is 4.39 Å². The molecule has 5 rings (SSSR count). The predicted octanol–water partition coefficient (Wildman–Crippen LogP) is 4.64. The van der Waals surface area contributed by atoms with Crippen LogP contribution in [0.2, 0.25) is 0 Å². The lowest BCUT2D eigenvalue weighted by molar-refractivity contribution is -0.115. The Morgan fingerprint density at radius 2 is 2.00 bits per heavy atom. The summed E-state index contributed by atoms with van der Waals surface area (Å²) >= 11 is 0. The molecular weight excluding hydrogens is 523 g/mol. The number of benzene rings is 1. The molecule has 0 bridgehead atoms. The van der Waals surface area contributed by atoms with Crippen molar-refractivity contribution in [1.82, 2.24) is 34.7 Å². The van der Waals surface area contributed by atoms with Crippen LogP contribution in [-0.2, 0) is 4.79 Å². The molecule has 1 aliphatic carbocycles. The number of amides is 1. The van der Waals surface area contributed by atoms with E-state index < -0.39 is 5.82 Å². The van der Waals surface area contributed by atoms with Gasteiger partial charge in [-0.2, -0.15) is 0 Å². The van der Waals surface area contributed by atoms with Crippen LogP contribution < -0.4 is 15.8 Å². The van der Waals surface area contributed by atoms with E-state index in [1.54, 1.807) is 25.3 Å². The number of aromatic nitrogens is 5. The Hall–Kier alpha value is -4.90. The number of carbonyl (C=O) groups is 1. The number of hydrogen-bond acceptors (Lipinski definition) is 8. The van der Waals surface area contributed by atoms with Crippen molar-refractivity contribution in [3.8, 4) is 17.4 Å². The van der Waals surface area contributed by atoms with Crippen molar-refractivity contribution in [3.05, 3.63) is 89.6 Å². The zero-order valence-electron chi connectivity index (χ0n) is 23.3. The van der Waals surface area contributed by atoms with E-state index in [0.29, 0.717) is 41.8 Å². The first kappa shape index (κ1) is 27.7. The summed E-state index contributed by atoms with van der Waals surface area (Å²) in [5.41, 5.74) is 12.4. The number of fused-ring (bicyclic) bond motifs is 1. The summed E-state index contributed by atoms with van der Waals surface area (Å²) in [6.45, 7) is 4.44. The second-order valence-electron chi connectivity index (χ2n) is 10.0. The number of halogens is 1. The van der Waals surface area contributed by atoms with Crippen LogP contribution in [0.5, 0.6) is 11.8 Å². The lowest BCUT2D eigenvalue weighted by Gasteiger charge is -2.19. The molecule has 0 saturated heterocycles. The van der Waals surface area contributed by atoms with E-state index in [4.69, 9.17) is 10.5 Å². The van der Waals surface area contributed by atoms with Gasteiger partial charge >= 0.3 is 6.01 Å². The minimum atomic E-state index is -0.585. The lowest BCUT2D eigenvalue weighted by Crippen LogP contribution is -2.22. The Bertz CT molecular complexity index is 1720. The number of nitrogen functional groups attached to an aromatic ring is 1. The molecule has 0 atom stereocenters. The number of nitrogens with two attached hydrogens (primary N) is 1. The number of ether oxygens (including phenoxy) is 1. The highest BCUT2D eigenvalue weighted by atomic mass is 19.1. The fourth-order valence-corrected chi connectivity index (χ4v) is 4.72. The minimum absolute atomic E-state index is 0.00173. The number of nitrogens with zero attached hydrogens (tertiary/aromatic N) is 6. The molecule has 3 N–H and O–H groups in total. The van der Waals surface area contributed by atoms with Gasteiger partial charge in [-0.15, -0.1) is 0 Å². The molecule has 210 valence electrons. The van der Waals surface area contributed by atoms with Crippen molar-refractivity contribution in [2.24, 2.45) is 0 Å². The average molecular weight is 555 g/mol. The molecule has 0 spiro atoms. The number of likely N-dealkylation sites (N-methyl/N-ethyl adjacent to an activating group) is 1. The first-order valence-corrected chi connectivity index (χ1v) is 13.1. The number of nitrogens with one attached hydrogen (secondary N) is 1. The van der Waals surface area contributed by atoms with Gasteiger partial charge in [0.1, 0.15) is 11.8 Å². The number of aryl methyl sites for hydroxylation is 2. The molecule has 10 nitrogen and oxygen atoms in total. The quantitative estimate of drug-likeness (QED) is 0.302. The highest BCUT2D eigenvalue weighted by Crippen LogP contribution is 2.38. The molecule has 0 radical (unpaired) electrons. The first-order valence-electron chi connectivity index (χ1n) is 13.1. The summed E-state index contributed by atoms with van der Waals surface area (Å²) in [7, 11) is 3.88. The van der Waals surface area contributed by atoms with Crippen molar-refractivity contribution in [3.63, 3.8) is 0 Å². The third kappa shape index (κ3) is 5.99. The monoisotopic (exact) mass is 554 g/mol. The first-order chi connectivity index (χ1) is 19.7. The maximum absolute atomic E-state index is 15.4. The molecule has 4 aromatic rings. The molecule has 3 aromatic heterocycles. The molecule has 0 unspecified atom stereocenters. The summed E-state index contributed by atoms with van der Waals surface area (Å²) in [5.74, 6) is -0.476. The van der Waals surface area contributed by atoms with Crippen LogP contribution in [0, 0.1) is 19.7 Å². The van der Waals surface area contributed by atoms with Gasteiger partial charge in [0.15, 0.2) is 17.4 Å². The van der Waals surface area contributed by atoms with Crippen LogP contribution in [0.25, 0.3) is 22.3 Å². The number of carbonyl (C=O) groups excluding carboxylic acids is 1. The normalized spacial score (nSPS) is 13.5. The summed E-state index contributed by atoms with van der Waals surface area (Å²) < 4.78 is 22.9. The fraction of sp³-hybridized carbons (Fsp3) is 0.233. The number of rotatable bonds is 8. The highest BCUT2D eigenvalue weighted by Gasteiger charge is 2.24. The summed E-state index contributed by atoms with van der Waals surface area (Å²) in [4.78, 5) is 31.2. The summed E-state index contributed by atoms with van der Waals surface area (Å²) in [6, 6.07) is 6.45. The number of allylic oxidation sites excluding steroid dienone is 4. The predicted molar refractivity (Wildman–Crippen MR) is 156 cm³/mol. The topological polar surface area (TPSA) is 124 Å². The largest absolute Gasteiger partial charge is 0.421 e. The maximum atomic E-state index is 15.4. The van der Waals surface area contributed by atoms with E-state index in [2.05, 4.69) is 25.3 Å².